The molecule has 2 nitrogen and oxygen atoms in total. The zero-order valence-electron chi connectivity index (χ0n) is 8.45. The molecule has 17 heavy (non-hydrogen) atoms. The molecule has 0 bridgehead atoms. The summed E-state index contributed by atoms with van der Waals surface area (Å²) in [5.74, 6) is -2.52. The van der Waals surface area contributed by atoms with Crippen LogP contribution in [0.2, 0.25) is 0 Å². The molecule has 0 N–H and O–H groups in total. The van der Waals surface area contributed by atoms with Crippen molar-refractivity contribution in [2.24, 2.45) is 0 Å². The van der Waals surface area contributed by atoms with E-state index in [0.717, 1.165) is 12.1 Å². The molecule has 1 heterocycles. The normalized spacial score (nSPS) is 10.3. The number of rotatable bonds is 2. The lowest BCUT2D eigenvalue weighted by atomic mass is 10.0. The molecule has 0 saturated carbocycles. The van der Waals surface area contributed by atoms with Crippen LogP contribution in [0.4, 0.5) is 8.78 Å². The molecule has 0 saturated heterocycles. The largest absolute Gasteiger partial charge is 0.288 e. The lowest BCUT2D eigenvalue weighted by Gasteiger charge is -2.04. The van der Waals surface area contributed by atoms with Gasteiger partial charge in [0.05, 0.1) is 5.56 Å². The second-order valence-corrected chi connectivity index (χ2v) is 4.23. The lowest BCUT2D eigenvalue weighted by Crippen LogP contribution is -2.07. The summed E-state index contributed by atoms with van der Waals surface area (Å²) in [5, 5.41) is 0. The molecular formula is C12H6BrF2NO. The fourth-order valence-electron chi connectivity index (χ4n) is 1.40. The van der Waals surface area contributed by atoms with Gasteiger partial charge in [-0.3, -0.25) is 9.78 Å². The molecule has 0 aliphatic carbocycles. The summed E-state index contributed by atoms with van der Waals surface area (Å²) in [6, 6.07) is 5.08. The minimum absolute atomic E-state index is 0.146. The minimum Gasteiger partial charge on any atom is -0.288 e. The van der Waals surface area contributed by atoms with E-state index in [1.165, 1.54) is 24.5 Å². The molecule has 0 aliphatic heterocycles. The van der Waals surface area contributed by atoms with E-state index >= 15 is 0 Å². The third-order valence-electron chi connectivity index (χ3n) is 2.16. The van der Waals surface area contributed by atoms with Gasteiger partial charge in [0.25, 0.3) is 0 Å². The number of hydrogen-bond donors (Lipinski definition) is 0. The van der Waals surface area contributed by atoms with E-state index in [0.29, 0.717) is 0 Å². The monoisotopic (exact) mass is 297 g/mol. The molecule has 0 unspecified atom stereocenters. The number of hydrogen-bond acceptors (Lipinski definition) is 2. The van der Waals surface area contributed by atoms with Crippen molar-refractivity contribution in [1.82, 2.24) is 4.98 Å². The molecule has 0 radical (unpaired) electrons. The molecule has 0 fully saturated rings. The SMILES string of the molecule is O=C(c1cccnc1)c1c(F)cc(Br)cc1F. The van der Waals surface area contributed by atoms with Crippen molar-refractivity contribution in [2.45, 2.75) is 0 Å². The molecule has 5 heteroatoms. The van der Waals surface area contributed by atoms with Crippen molar-refractivity contribution >= 4 is 21.7 Å². The fourth-order valence-corrected chi connectivity index (χ4v) is 1.80. The van der Waals surface area contributed by atoms with Gasteiger partial charge in [0.2, 0.25) is 0 Å². The number of carbonyl (C=O) groups excluding carboxylic acids is 1. The van der Waals surface area contributed by atoms with Crippen LogP contribution in [0, 0.1) is 11.6 Å². The molecule has 1 aromatic carbocycles. The predicted molar refractivity (Wildman–Crippen MR) is 61.7 cm³/mol. The standard InChI is InChI=1S/C12H6BrF2NO/c13-8-4-9(14)11(10(15)5-8)12(17)7-2-1-3-16-6-7/h1-6H. The maximum Gasteiger partial charge on any atom is 0.200 e. The molecule has 86 valence electrons. The van der Waals surface area contributed by atoms with Gasteiger partial charge in [0.15, 0.2) is 5.78 Å². The molecule has 1 aromatic heterocycles. The van der Waals surface area contributed by atoms with E-state index in [2.05, 4.69) is 20.9 Å². The molecule has 0 aliphatic rings. The average Bonchev–Trinajstić information content (AvgIpc) is 2.28. The van der Waals surface area contributed by atoms with Crippen LogP contribution in [0.3, 0.4) is 0 Å². The van der Waals surface area contributed by atoms with Crippen LogP contribution >= 0.6 is 15.9 Å². The van der Waals surface area contributed by atoms with Crippen molar-refractivity contribution in [1.29, 1.82) is 0 Å². The van der Waals surface area contributed by atoms with Gasteiger partial charge in [-0.2, -0.15) is 0 Å². The van der Waals surface area contributed by atoms with Crippen molar-refractivity contribution in [2.75, 3.05) is 0 Å². The highest BCUT2D eigenvalue weighted by Crippen LogP contribution is 2.21. The summed E-state index contributed by atoms with van der Waals surface area (Å²) in [7, 11) is 0. The van der Waals surface area contributed by atoms with Crippen molar-refractivity contribution in [3.8, 4) is 0 Å². The van der Waals surface area contributed by atoms with Gasteiger partial charge in [-0.05, 0) is 24.3 Å². The summed E-state index contributed by atoms with van der Waals surface area (Å²) >= 11 is 2.95. The third kappa shape index (κ3) is 2.39. The number of halogens is 3. The van der Waals surface area contributed by atoms with Gasteiger partial charge in [-0.1, -0.05) is 15.9 Å². The first-order chi connectivity index (χ1) is 8.09. The maximum atomic E-state index is 13.5. The first-order valence-electron chi connectivity index (χ1n) is 4.69. The van der Waals surface area contributed by atoms with Crippen LogP contribution in [0.1, 0.15) is 15.9 Å². The van der Waals surface area contributed by atoms with Crippen molar-refractivity contribution in [3.63, 3.8) is 0 Å². The topological polar surface area (TPSA) is 30.0 Å². The quantitative estimate of drug-likeness (QED) is 0.796. The van der Waals surface area contributed by atoms with E-state index < -0.39 is 23.0 Å². The van der Waals surface area contributed by atoms with Gasteiger partial charge >= 0.3 is 0 Å². The molecule has 2 aromatic rings. The summed E-state index contributed by atoms with van der Waals surface area (Å²) in [6.07, 6.45) is 2.74. The predicted octanol–water partition coefficient (Wildman–Crippen LogP) is 3.35. The number of pyridine rings is 1. The van der Waals surface area contributed by atoms with E-state index in [-0.39, 0.29) is 10.0 Å². The number of aromatic nitrogens is 1. The van der Waals surface area contributed by atoms with Gasteiger partial charge < -0.3 is 0 Å². The second kappa shape index (κ2) is 4.71. The molecule has 0 spiro atoms. The molecule has 0 atom stereocenters. The zero-order valence-corrected chi connectivity index (χ0v) is 10.0. The van der Waals surface area contributed by atoms with Crippen LogP contribution < -0.4 is 0 Å². The van der Waals surface area contributed by atoms with Gasteiger partial charge in [0.1, 0.15) is 11.6 Å². The van der Waals surface area contributed by atoms with Crippen molar-refractivity contribution < 1.29 is 13.6 Å². The number of nitrogens with zero attached hydrogens (tertiary/aromatic N) is 1. The lowest BCUT2D eigenvalue weighted by molar-refractivity contribution is 0.103. The number of carbonyl (C=O) groups is 1. The highest BCUT2D eigenvalue weighted by molar-refractivity contribution is 9.10. The summed E-state index contributed by atoms with van der Waals surface area (Å²) < 4.78 is 27.3. The Morgan fingerprint density at radius 3 is 2.41 bits per heavy atom. The Hall–Kier alpha value is -1.62. The van der Waals surface area contributed by atoms with E-state index in [1.54, 1.807) is 0 Å². The van der Waals surface area contributed by atoms with Gasteiger partial charge in [0, 0.05) is 22.4 Å². The van der Waals surface area contributed by atoms with Crippen molar-refractivity contribution in [3.05, 3.63) is 63.9 Å². The Morgan fingerprint density at radius 1 is 1.24 bits per heavy atom. The highest BCUT2D eigenvalue weighted by atomic mass is 79.9. The maximum absolute atomic E-state index is 13.5. The third-order valence-corrected chi connectivity index (χ3v) is 2.62. The van der Waals surface area contributed by atoms with Gasteiger partial charge in [-0.15, -0.1) is 0 Å². The fraction of sp³-hybridized carbons (Fsp3) is 0. The molecular weight excluding hydrogens is 292 g/mol. The van der Waals surface area contributed by atoms with E-state index in [1.807, 2.05) is 0 Å². The summed E-state index contributed by atoms with van der Waals surface area (Å²) in [4.78, 5) is 15.6. The van der Waals surface area contributed by atoms with Crippen LogP contribution in [-0.2, 0) is 0 Å². The highest BCUT2D eigenvalue weighted by Gasteiger charge is 2.19. The minimum atomic E-state index is -0.897. The first-order valence-corrected chi connectivity index (χ1v) is 5.48. The Morgan fingerprint density at radius 2 is 1.88 bits per heavy atom. The Bertz CT molecular complexity index is 549. The van der Waals surface area contributed by atoms with Crippen LogP contribution in [0.5, 0.6) is 0 Å². The van der Waals surface area contributed by atoms with Crippen LogP contribution in [0.15, 0.2) is 41.1 Å². The zero-order chi connectivity index (χ0) is 12.4. The Balaban J connectivity index is 2.52. The van der Waals surface area contributed by atoms with Crippen LogP contribution in [-0.4, -0.2) is 10.8 Å². The average molecular weight is 298 g/mol. The second-order valence-electron chi connectivity index (χ2n) is 3.32. The molecule has 0 amide bonds. The van der Waals surface area contributed by atoms with Gasteiger partial charge in [-0.25, -0.2) is 8.78 Å². The number of benzene rings is 1. The van der Waals surface area contributed by atoms with Crippen LogP contribution in [0.25, 0.3) is 0 Å². The van der Waals surface area contributed by atoms with E-state index in [9.17, 15) is 13.6 Å². The number of ketones is 1. The molecule has 2 rings (SSSR count). The Labute approximate surface area is 104 Å². The van der Waals surface area contributed by atoms with E-state index in [4.69, 9.17) is 0 Å². The smallest absolute Gasteiger partial charge is 0.200 e. The first kappa shape index (κ1) is 11.9. The summed E-state index contributed by atoms with van der Waals surface area (Å²) in [6.45, 7) is 0. The summed E-state index contributed by atoms with van der Waals surface area (Å²) in [5.41, 5.74) is -0.422. The Kier molecular flexibility index (Phi) is 3.28.